The van der Waals surface area contributed by atoms with E-state index in [1.54, 1.807) is 5.32 Å². The van der Waals surface area contributed by atoms with Crippen LogP contribution in [0.25, 0.3) is 0 Å². The fourth-order valence-electron chi connectivity index (χ4n) is 2.49. The molecule has 0 spiro atoms. The Labute approximate surface area is 157 Å². The van der Waals surface area contributed by atoms with E-state index < -0.39 is 67.2 Å². The number of ether oxygens (including phenoxy) is 5. The van der Waals surface area contributed by atoms with Crippen LogP contribution in [0.1, 0.15) is 20.8 Å². The van der Waals surface area contributed by atoms with Gasteiger partial charge in [0, 0.05) is 27.9 Å². The van der Waals surface area contributed by atoms with E-state index in [0.29, 0.717) is 0 Å². The fraction of sp³-hybridized carbons (Fsp3) is 0.733. The number of carbonyl (C=O) groups excluding carboxylic acids is 4. The first-order valence-corrected chi connectivity index (χ1v) is 7.90. The van der Waals surface area contributed by atoms with Gasteiger partial charge in [-0.05, 0) is 0 Å². The Morgan fingerprint density at radius 1 is 0.964 bits per heavy atom. The van der Waals surface area contributed by atoms with Gasteiger partial charge in [-0.3, -0.25) is 19.2 Å². The van der Waals surface area contributed by atoms with Crippen molar-refractivity contribution in [3.8, 4) is 0 Å². The molecule has 0 bridgehead atoms. The molecule has 1 aliphatic rings. The van der Waals surface area contributed by atoms with E-state index in [2.05, 4.69) is 0 Å². The smallest absolute Gasteiger partial charge is 0.463 e. The molecule has 0 radical (unpaired) electrons. The third-order valence-electron chi connectivity index (χ3n) is 3.49. The van der Waals surface area contributed by atoms with Gasteiger partial charge in [-0.15, -0.1) is 0 Å². The number of carbonyl (C=O) groups is 4. The first-order chi connectivity index (χ1) is 12.9. The largest absolute Gasteiger partial charge is 0.471 e. The molecular formula is C15H20F3NO9. The summed E-state index contributed by atoms with van der Waals surface area (Å²) in [6.07, 6.45) is -11.1. The van der Waals surface area contributed by atoms with Crippen molar-refractivity contribution in [3.05, 3.63) is 0 Å². The Hall–Kier alpha value is -2.41. The molecule has 0 aromatic rings. The quantitative estimate of drug-likeness (QED) is 0.465. The van der Waals surface area contributed by atoms with Gasteiger partial charge in [0.15, 0.2) is 18.5 Å². The van der Waals surface area contributed by atoms with Crippen LogP contribution in [0.4, 0.5) is 13.2 Å². The highest BCUT2D eigenvalue weighted by atomic mass is 19.4. The Bertz CT molecular complexity index is 610. The first kappa shape index (κ1) is 23.6. The summed E-state index contributed by atoms with van der Waals surface area (Å²) in [5.41, 5.74) is 0. The SMILES string of the molecule is CO[C@@H]1O[C@H](COC(C)=O)[C@@H](OC(C)=O)[C@H](OC(C)=O)[C@H]1NC(=O)C(F)(F)F. The molecule has 1 fully saturated rings. The van der Waals surface area contributed by atoms with Gasteiger partial charge in [0.1, 0.15) is 18.8 Å². The third-order valence-corrected chi connectivity index (χ3v) is 3.49. The van der Waals surface area contributed by atoms with E-state index in [-0.39, 0.29) is 0 Å². The van der Waals surface area contributed by atoms with Crippen molar-refractivity contribution in [2.75, 3.05) is 13.7 Å². The summed E-state index contributed by atoms with van der Waals surface area (Å²) < 4.78 is 63.2. The topological polar surface area (TPSA) is 126 Å². The summed E-state index contributed by atoms with van der Waals surface area (Å²) in [5, 5.41) is 1.61. The predicted octanol–water partition coefficient (Wildman–Crippen LogP) is -0.169. The van der Waals surface area contributed by atoms with Gasteiger partial charge in [-0.2, -0.15) is 13.2 Å². The lowest BCUT2D eigenvalue weighted by atomic mass is 9.96. The van der Waals surface area contributed by atoms with Crippen molar-refractivity contribution in [1.82, 2.24) is 5.32 Å². The van der Waals surface area contributed by atoms with Crippen molar-refractivity contribution in [2.45, 2.75) is 57.6 Å². The number of rotatable bonds is 6. The molecule has 13 heteroatoms. The Morgan fingerprint density at radius 3 is 1.93 bits per heavy atom. The van der Waals surface area contributed by atoms with Gasteiger partial charge in [-0.25, -0.2) is 0 Å². The summed E-state index contributed by atoms with van der Waals surface area (Å²) in [7, 11) is 1.07. The van der Waals surface area contributed by atoms with Crippen LogP contribution >= 0.6 is 0 Å². The molecule has 1 N–H and O–H groups in total. The zero-order valence-electron chi connectivity index (χ0n) is 15.4. The molecule has 1 rings (SSSR count). The van der Waals surface area contributed by atoms with Crippen molar-refractivity contribution in [3.63, 3.8) is 0 Å². The number of hydrogen-bond acceptors (Lipinski definition) is 9. The second-order valence-corrected chi connectivity index (χ2v) is 5.73. The van der Waals surface area contributed by atoms with Crippen molar-refractivity contribution < 1.29 is 56.0 Å². The van der Waals surface area contributed by atoms with Gasteiger partial charge < -0.3 is 29.0 Å². The van der Waals surface area contributed by atoms with E-state index >= 15 is 0 Å². The van der Waals surface area contributed by atoms with Crippen molar-refractivity contribution in [1.29, 1.82) is 0 Å². The molecule has 0 aromatic carbocycles. The Kier molecular flexibility index (Phi) is 8.17. The number of esters is 3. The maximum Gasteiger partial charge on any atom is 0.471 e. The minimum absolute atomic E-state index is 0.481. The molecule has 0 aliphatic carbocycles. The standard InChI is InChI=1S/C15H20F3NO9/c1-6(20)25-5-9-11(26-7(2)21)12(27-8(3)22)10(13(24-4)28-9)19-14(23)15(16,17)18/h9-13H,5H2,1-4H3,(H,19,23)/t9-,10-,11-,12-,13-/m1/s1. The molecule has 5 atom stereocenters. The number of methoxy groups -OCH3 is 1. The predicted molar refractivity (Wildman–Crippen MR) is 81.4 cm³/mol. The average Bonchev–Trinajstić information content (AvgIpc) is 2.54. The number of halogens is 3. The first-order valence-electron chi connectivity index (χ1n) is 7.90. The molecule has 0 saturated carbocycles. The van der Waals surface area contributed by atoms with Crippen LogP contribution in [0.3, 0.4) is 0 Å². The lowest BCUT2D eigenvalue weighted by molar-refractivity contribution is -0.273. The summed E-state index contributed by atoms with van der Waals surface area (Å²) in [6, 6.07) is -1.68. The number of hydrogen-bond donors (Lipinski definition) is 1. The van der Waals surface area contributed by atoms with Crippen LogP contribution in [0.5, 0.6) is 0 Å². The number of alkyl halides is 3. The van der Waals surface area contributed by atoms with Crippen LogP contribution in [-0.4, -0.2) is 74.4 Å². The molecule has 1 aliphatic heterocycles. The third kappa shape index (κ3) is 6.64. The van der Waals surface area contributed by atoms with Crippen LogP contribution < -0.4 is 5.32 Å². The van der Waals surface area contributed by atoms with Gasteiger partial charge in [0.25, 0.3) is 0 Å². The highest BCUT2D eigenvalue weighted by Crippen LogP contribution is 2.28. The second kappa shape index (κ2) is 9.68. The normalized spacial score (nSPS) is 27.5. The Morgan fingerprint density at radius 2 is 1.50 bits per heavy atom. The van der Waals surface area contributed by atoms with Gasteiger partial charge in [0.2, 0.25) is 0 Å². The van der Waals surface area contributed by atoms with Crippen molar-refractivity contribution >= 4 is 23.8 Å². The fourth-order valence-corrected chi connectivity index (χ4v) is 2.49. The van der Waals surface area contributed by atoms with E-state index in [1.807, 2.05) is 0 Å². The number of amides is 1. The summed E-state index contributed by atoms with van der Waals surface area (Å²) in [5.74, 6) is -4.87. The van der Waals surface area contributed by atoms with Crippen LogP contribution in [0.2, 0.25) is 0 Å². The molecule has 1 saturated heterocycles. The van der Waals surface area contributed by atoms with Crippen LogP contribution in [0.15, 0.2) is 0 Å². The van der Waals surface area contributed by atoms with E-state index in [0.717, 1.165) is 27.9 Å². The van der Waals surface area contributed by atoms with E-state index in [1.165, 1.54) is 0 Å². The zero-order valence-corrected chi connectivity index (χ0v) is 15.4. The molecular weight excluding hydrogens is 395 g/mol. The molecule has 0 unspecified atom stereocenters. The zero-order chi connectivity index (χ0) is 21.6. The molecule has 1 amide bonds. The summed E-state index contributed by atoms with van der Waals surface area (Å²) >= 11 is 0. The molecule has 1 heterocycles. The van der Waals surface area contributed by atoms with Gasteiger partial charge in [-0.1, -0.05) is 0 Å². The van der Waals surface area contributed by atoms with Crippen LogP contribution in [0, 0.1) is 0 Å². The summed E-state index contributed by atoms with van der Waals surface area (Å²) in [6.45, 7) is 2.57. The van der Waals surface area contributed by atoms with Gasteiger partial charge in [0.05, 0.1) is 0 Å². The minimum atomic E-state index is -5.25. The lowest BCUT2D eigenvalue weighted by Crippen LogP contribution is -2.67. The molecule has 0 aromatic heterocycles. The minimum Gasteiger partial charge on any atom is -0.463 e. The highest BCUT2D eigenvalue weighted by Gasteiger charge is 2.53. The highest BCUT2D eigenvalue weighted by molar-refractivity contribution is 5.82. The van der Waals surface area contributed by atoms with Crippen LogP contribution in [-0.2, 0) is 42.9 Å². The summed E-state index contributed by atoms with van der Waals surface area (Å²) in [4.78, 5) is 45.4. The van der Waals surface area contributed by atoms with E-state index in [9.17, 15) is 32.3 Å². The molecule has 160 valence electrons. The maximum atomic E-state index is 12.7. The Balaban J connectivity index is 3.27. The van der Waals surface area contributed by atoms with Gasteiger partial charge >= 0.3 is 30.0 Å². The van der Waals surface area contributed by atoms with Crippen molar-refractivity contribution in [2.24, 2.45) is 0 Å². The van der Waals surface area contributed by atoms with E-state index in [4.69, 9.17) is 23.7 Å². The monoisotopic (exact) mass is 415 g/mol. The number of nitrogens with one attached hydrogen (secondary N) is 1. The second-order valence-electron chi connectivity index (χ2n) is 5.73. The molecule has 10 nitrogen and oxygen atoms in total. The average molecular weight is 415 g/mol. The molecule has 28 heavy (non-hydrogen) atoms. The lowest BCUT2D eigenvalue weighted by Gasteiger charge is -2.44. The maximum absolute atomic E-state index is 12.7.